The van der Waals surface area contributed by atoms with E-state index in [1.165, 1.54) is 15.9 Å². The Bertz CT molecular complexity index is 429. The third-order valence-electron chi connectivity index (χ3n) is 1.76. The fourth-order valence-electron chi connectivity index (χ4n) is 1.19. The van der Waals surface area contributed by atoms with Crippen molar-refractivity contribution in [2.45, 2.75) is 6.92 Å². The molecule has 0 N–H and O–H groups in total. The van der Waals surface area contributed by atoms with Gasteiger partial charge < -0.3 is 4.74 Å². The van der Waals surface area contributed by atoms with Gasteiger partial charge in [-0.05, 0) is 24.4 Å². The Morgan fingerprint density at radius 3 is 3.23 bits per heavy atom. The van der Waals surface area contributed by atoms with Crippen LogP contribution in [0.15, 0.2) is 23.7 Å². The van der Waals surface area contributed by atoms with Gasteiger partial charge in [-0.15, -0.1) is 11.3 Å². The summed E-state index contributed by atoms with van der Waals surface area (Å²) >= 11 is 1.54. The second kappa shape index (κ2) is 3.22. The van der Waals surface area contributed by atoms with Crippen LogP contribution in [0.25, 0.3) is 10.2 Å². The maximum absolute atomic E-state index is 11.4. The molecule has 2 heterocycles. The smallest absolute Gasteiger partial charge is 0.419 e. The van der Waals surface area contributed by atoms with Crippen molar-refractivity contribution in [2.75, 3.05) is 6.61 Å². The zero-order valence-electron chi connectivity index (χ0n) is 7.19. The van der Waals surface area contributed by atoms with Crippen LogP contribution in [0, 0.1) is 0 Å². The molecule has 2 rings (SSSR count). The van der Waals surface area contributed by atoms with Crippen LogP contribution in [0.2, 0.25) is 0 Å². The Hall–Kier alpha value is -1.29. The average Bonchev–Trinajstić information content (AvgIpc) is 2.62. The first-order valence-corrected chi connectivity index (χ1v) is 4.92. The van der Waals surface area contributed by atoms with Crippen molar-refractivity contribution in [3.8, 4) is 0 Å². The van der Waals surface area contributed by atoms with E-state index in [-0.39, 0.29) is 6.09 Å². The number of hydrogen-bond donors (Lipinski definition) is 0. The first-order valence-electron chi connectivity index (χ1n) is 4.04. The second-order valence-electron chi connectivity index (χ2n) is 2.57. The van der Waals surface area contributed by atoms with Gasteiger partial charge in [-0.3, -0.25) is 0 Å². The van der Waals surface area contributed by atoms with E-state index in [1.807, 2.05) is 17.5 Å². The minimum absolute atomic E-state index is 0.306. The van der Waals surface area contributed by atoms with Crippen LogP contribution < -0.4 is 0 Å². The van der Waals surface area contributed by atoms with E-state index >= 15 is 0 Å². The Morgan fingerprint density at radius 2 is 2.46 bits per heavy atom. The van der Waals surface area contributed by atoms with Crippen molar-refractivity contribution in [1.82, 2.24) is 4.57 Å². The van der Waals surface area contributed by atoms with E-state index in [0.29, 0.717) is 6.61 Å². The van der Waals surface area contributed by atoms with Crippen LogP contribution in [0.1, 0.15) is 6.92 Å². The average molecular weight is 195 g/mol. The fraction of sp³-hybridized carbons (Fsp3) is 0.222. The van der Waals surface area contributed by atoms with E-state index < -0.39 is 0 Å². The minimum atomic E-state index is -0.306. The summed E-state index contributed by atoms with van der Waals surface area (Å²) in [6, 6.07) is 3.89. The zero-order chi connectivity index (χ0) is 9.26. The predicted molar refractivity (Wildman–Crippen MR) is 52.2 cm³/mol. The van der Waals surface area contributed by atoms with Crippen LogP contribution in [0.4, 0.5) is 4.79 Å². The Morgan fingerprint density at radius 1 is 1.62 bits per heavy atom. The number of rotatable bonds is 1. The molecule has 0 radical (unpaired) electrons. The topological polar surface area (TPSA) is 31.2 Å². The molecule has 0 amide bonds. The molecule has 0 atom stereocenters. The highest BCUT2D eigenvalue weighted by Crippen LogP contribution is 2.21. The lowest BCUT2D eigenvalue weighted by Gasteiger charge is -2.01. The molecular formula is C9H9NO2S. The molecule has 0 saturated heterocycles. The lowest BCUT2D eigenvalue weighted by Crippen LogP contribution is -2.11. The Labute approximate surface area is 79.5 Å². The van der Waals surface area contributed by atoms with Crippen LogP contribution in [-0.2, 0) is 4.74 Å². The van der Waals surface area contributed by atoms with Gasteiger partial charge in [0.1, 0.15) is 4.83 Å². The zero-order valence-corrected chi connectivity index (χ0v) is 8.00. The normalized spacial score (nSPS) is 10.5. The van der Waals surface area contributed by atoms with Gasteiger partial charge in [-0.25, -0.2) is 9.36 Å². The molecule has 2 aromatic heterocycles. The summed E-state index contributed by atoms with van der Waals surface area (Å²) in [5.41, 5.74) is 0. The van der Waals surface area contributed by atoms with Crippen LogP contribution in [0.5, 0.6) is 0 Å². The van der Waals surface area contributed by atoms with Gasteiger partial charge >= 0.3 is 6.09 Å². The number of thiophene rings is 1. The standard InChI is InChI=1S/C9H9NO2S/c1-2-12-9(11)10-5-3-7-4-6-13-8(7)10/h3-6H,2H2,1H3. The quantitative estimate of drug-likeness (QED) is 0.700. The van der Waals surface area contributed by atoms with Crippen molar-refractivity contribution < 1.29 is 9.53 Å². The molecule has 0 bridgehead atoms. The Balaban J connectivity index is 2.42. The van der Waals surface area contributed by atoms with Gasteiger partial charge in [-0.2, -0.15) is 0 Å². The first kappa shape index (κ1) is 8.31. The molecule has 0 aliphatic rings. The highest BCUT2D eigenvalue weighted by atomic mass is 32.1. The molecule has 2 aromatic rings. The number of aromatic nitrogens is 1. The summed E-state index contributed by atoms with van der Waals surface area (Å²) in [5.74, 6) is 0. The van der Waals surface area contributed by atoms with Crippen LogP contribution in [-0.4, -0.2) is 17.3 Å². The van der Waals surface area contributed by atoms with Crippen molar-refractivity contribution >= 4 is 27.6 Å². The molecule has 4 heteroatoms. The maximum atomic E-state index is 11.4. The number of carbonyl (C=O) groups excluding carboxylic acids is 1. The highest BCUT2D eigenvalue weighted by molar-refractivity contribution is 7.16. The monoisotopic (exact) mass is 195 g/mol. The number of fused-ring (bicyclic) bond motifs is 1. The SMILES string of the molecule is CCOC(=O)n1ccc2ccsc21. The van der Waals surface area contributed by atoms with Gasteiger partial charge in [0.25, 0.3) is 0 Å². The number of carbonyl (C=O) groups is 1. The van der Waals surface area contributed by atoms with Crippen molar-refractivity contribution in [3.05, 3.63) is 23.7 Å². The second-order valence-corrected chi connectivity index (χ2v) is 3.46. The summed E-state index contributed by atoms with van der Waals surface area (Å²) < 4.78 is 6.43. The number of hydrogen-bond acceptors (Lipinski definition) is 3. The lowest BCUT2D eigenvalue weighted by atomic mass is 10.4. The number of nitrogens with zero attached hydrogens (tertiary/aromatic N) is 1. The van der Waals surface area contributed by atoms with Gasteiger partial charge in [-0.1, -0.05) is 0 Å². The Kier molecular flexibility index (Phi) is 2.06. The summed E-state index contributed by atoms with van der Waals surface area (Å²) in [4.78, 5) is 12.3. The first-order chi connectivity index (χ1) is 6.33. The van der Waals surface area contributed by atoms with Gasteiger partial charge in [0.05, 0.1) is 6.61 Å². The molecule has 0 fully saturated rings. The third-order valence-corrected chi connectivity index (χ3v) is 2.69. The molecule has 0 spiro atoms. The molecule has 3 nitrogen and oxygen atoms in total. The molecule has 68 valence electrons. The summed E-state index contributed by atoms with van der Waals surface area (Å²) in [7, 11) is 0. The molecule has 0 aliphatic carbocycles. The fourth-order valence-corrected chi connectivity index (χ4v) is 2.06. The summed E-state index contributed by atoms with van der Waals surface area (Å²) in [5, 5.41) is 3.04. The highest BCUT2D eigenvalue weighted by Gasteiger charge is 2.09. The molecule has 0 saturated carbocycles. The van der Waals surface area contributed by atoms with Gasteiger partial charge in [0.2, 0.25) is 0 Å². The maximum Gasteiger partial charge on any atom is 0.419 e. The largest absolute Gasteiger partial charge is 0.449 e. The summed E-state index contributed by atoms with van der Waals surface area (Å²) in [6.07, 6.45) is 1.43. The lowest BCUT2D eigenvalue weighted by molar-refractivity contribution is 0.155. The molecule has 0 aliphatic heterocycles. The van der Waals surface area contributed by atoms with E-state index in [4.69, 9.17) is 4.74 Å². The third kappa shape index (κ3) is 1.33. The molecule has 0 aromatic carbocycles. The molecule has 13 heavy (non-hydrogen) atoms. The minimum Gasteiger partial charge on any atom is -0.449 e. The summed E-state index contributed by atoms with van der Waals surface area (Å²) in [6.45, 7) is 2.21. The van der Waals surface area contributed by atoms with Crippen molar-refractivity contribution in [3.63, 3.8) is 0 Å². The van der Waals surface area contributed by atoms with E-state index in [2.05, 4.69) is 0 Å². The van der Waals surface area contributed by atoms with E-state index in [0.717, 1.165) is 10.2 Å². The molecule has 0 unspecified atom stereocenters. The van der Waals surface area contributed by atoms with Crippen LogP contribution in [0.3, 0.4) is 0 Å². The van der Waals surface area contributed by atoms with Gasteiger partial charge in [0.15, 0.2) is 0 Å². The van der Waals surface area contributed by atoms with Crippen LogP contribution >= 0.6 is 11.3 Å². The van der Waals surface area contributed by atoms with E-state index in [1.54, 1.807) is 13.1 Å². The predicted octanol–water partition coefficient (Wildman–Crippen LogP) is 2.71. The molecular weight excluding hydrogens is 186 g/mol. The van der Waals surface area contributed by atoms with Crippen molar-refractivity contribution in [2.24, 2.45) is 0 Å². The number of ether oxygens (including phenoxy) is 1. The van der Waals surface area contributed by atoms with E-state index in [9.17, 15) is 4.79 Å². The van der Waals surface area contributed by atoms with Crippen molar-refractivity contribution in [1.29, 1.82) is 0 Å². The van der Waals surface area contributed by atoms with Gasteiger partial charge in [0, 0.05) is 11.6 Å².